The molecule has 1 atom stereocenters. The number of nitrogens with two attached hydrogens (primary N) is 1. The van der Waals surface area contributed by atoms with Crippen molar-refractivity contribution in [3.63, 3.8) is 0 Å². The van der Waals surface area contributed by atoms with Gasteiger partial charge in [0.15, 0.2) is 5.76 Å². The number of nitro groups is 1. The third-order valence-electron chi connectivity index (χ3n) is 6.17. The number of benzene rings is 2. The van der Waals surface area contributed by atoms with Gasteiger partial charge in [-0.15, -0.1) is 0 Å². The molecule has 4 heterocycles. The number of imidazole rings is 1. The molecular weight excluding hydrogens is 462 g/mol. The van der Waals surface area contributed by atoms with Crippen LogP contribution in [0.15, 0.2) is 83.1 Å². The lowest BCUT2D eigenvalue weighted by atomic mass is 9.83. The summed E-state index contributed by atoms with van der Waals surface area (Å²) in [5, 5.41) is 26.4. The van der Waals surface area contributed by atoms with E-state index in [0.29, 0.717) is 33.9 Å². The summed E-state index contributed by atoms with van der Waals surface area (Å²) in [6.45, 7) is 0. The number of aryl methyl sites for hydroxylation is 1. The second-order valence-corrected chi connectivity index (χ2v) is 8.27. The van der Waals surface area contributed by atoms with E-state index in [1.807, 2.05) is 35.0 Å². The van der Waals surface area contributed by atoms with Crippen molar-refractivity contribution in [1.82, 2.24) is 19.3 Å². The average Bonchev–Trinajstić information content (AvgIpc) is 3.62. The van der Waals surface area contributed by atoms with Gasteiger partial charge in [-0.05, 0) is 29.8 Å². The van der Waals surface area contributed by atoms with Gasteiger partial charge in [-0.3, -0.25) is 10.1 Å². The maximum Gasteiger partial charge on any atom is 0.270 e. The number of fused-ring (bicyclic) bond motifs is 2. The van der Waals surface area contributed by atoms with Crippen LogP contribution in [0.1, 0.15) is 17.0 Å². The highest BCUT2D eigenvalue weighted by Gasteiger charge is 2.37. The fourth-order valence-electron chi connectivity index (χ4n) is 4.50. The van der Waals surface area contributed by atoms with E-state index >= 15 is 0 Å². The molecule has 5 aromatic rings. The van der Waals surface area contributed by atoms with E-state index in [1.54, 1.807) is 31.7 Å². The third kappa shape index (κ3) is 3.20. The summed E-state index contributed by atoms with van der Waals surface area (Å²) in [7, 11) is 1.71. The van der Waals surface area contributed by atoms with Gasteiger partial charge in [0.1, 0.15) is 22.9 Å². The van der Waals surface area contributed by atoms with Crippen LogP contribution in [0.3, 0.4) is 0 Å². The molecule has 0 bridgehead atoms. The third-order valence-corrected chi connectivity index (χ3v) is 6.17. The van der Waals surface area contributed by atoms with Crippen LogP contribution in [0.4, 0.5) is 5.69 Å². The topological polar surface area (TPSA) is 151 Å². The van der Waals surface area contributed by atoms with Gasteiger partial charge in [0.05, 0.1) is 22.7 Å². The molecule has 176 valence electrons. The van der Waals surface area contributed by atoms with Gasteiger partial charge in [-0.2, -0.15) is 10.4 Å². The van der Waals surface area contributed by atoms with Gasteiger partial charge in [0.2, 0.25) is 11.8 Å². The van der Waals surface area contributed by atoms with E-state index < -0.39 is 10.8 Å². The van der Waals surface area contributed by atoms with Crippen LogP contribution >= 0.6 is 0 Å². The maximum atomic E-state index is 11.2. The van der Waals surface area contributed by atoms with Gasteiger partial charge in [0, 0.05) is 42.6 Å². The number of hydrogen-bond acceptors (Lipinski definition) is 8. The van der Waals surface area contributed by atoms with Crippen LogP contribution < -0.4 is 10.5 Å². The number of ether oxygens (including phenoxy) is 1. The van der Waals surface area contributed by atoms with Crippen molar-refractivity contribution in [3.05, 3.63) is 99.9 Å². The normalized spacial score (nSPS) is 14.9. The summed E-state index contributed by atoms with van der Waals surface area (Å²) in [6.07, 6.45) is 5.23. The Labute approximate surface area is 203 Å². The maximum absolute atomic E-state index is 11.2. The molecule has 0 saturated heterocycles. The second kappa shape index (κ2) is 7.85. The molecule has 2 N–H and O–H groups in total. The molecule has 1 unspecified atom stereocenters. The van der Waals surface area contributed by atoms with Crippen molar-refractivity contribution in [3.8, 4) is 29.1 Å². The summed E-state index contributed by atoms with van der Waals surface area (Å²) in [5.74, 6) is 0.214. The number of furan rings is 1. The number of rotatable bonds is 4. The largest absolute Gasteiger partial charge is 0.454 e. The first-order valence-corrected chi connectivity index (χ1v) is 10.9. The number of non-ortho nitro benzene ring substituents is 1. The lowest BCUT2D eigenvalue weighted by molar-refractivity contribution is -0.384. The van der Waals surface area contributed by atoms with Crippen LogP contribution in [0.25, 0.3) is 28.1 Å². The summed E-state index contributed by atoms with van der Waals surface area (Å²) in [6, 6.07) is 15.9. The molecule has 6 rings (SSSR count). The van der Waals surface area contributed by atoms with E-state index in [4.69, 9.17) is 14.9 Å². The van der Waals surface area contributed by atoms with E-state index in [1.165, 1.54) is 16.8 Å². The Bertz CT molecular complexity index is 1720. The van der Waals surface area contributed by atoms with Crippen LogP contribution in [0, 0.1) is 21.4 Å². The van der Waals surface area contributed by atoms with Gasteiger partial charge in [-0.1, -0.05) is 12.1 Å². The number of aromatic nitrogens is 4. The van der Waals surface area contributed by atoms with E-state index in [9.17, 15) is 15.4 Å². The second-order valence-electron chi connectivity index (χ2n) is 8.27. The van der Waals surface area contributed by atoms with Gasteiger partial charge >= 0.3 is 0 Å². The molecule has 3 aromatic heterocycles. The molecule has 1 aliphatic rings. The Morgan fingerprint density at radius 2 is 2.00 bits per heavy atom. The zero-order chi connectivity index (χ0) is 25.0. The number of nitro benzene ring substituents is 1. The SMILES string of the molecule is Cn1nc(-c2cc3cc([N+](=O)[O-])ccc3o2)c2c1OC(N)=C(C#N)C2c1ccc(-n2ccnc2)cc1. The highest BCUT2D eigenvalue weighted by molar-refractivity contribution is 5.85. The van der Waals surface area contributed by atoms with Crippen molar-refractivity contribution >= 4 is 16.7 Å². The van der Waals surface area contributed by atoms with Gasteiger partial charge < -0.3 is 19.5 Å². The molecule has 0 spiro atoms. The van der Waals surface area contributed by atoms with E-state index in [0.717, 1.165) is 11.3 Å². The molecule has 11 heteroatoms. The first-order chi connectivity index (χ1) is 17.4. The number of nitrogens with zero attached hydrogens (tertiary/aromatic N) is 6. The van der Waals surface area contributed by atoms with Crippen LogP contribution in [0.2, 0.25) is 0 Å². The van der Waals surface area contributed by atoms with Crippen molar-refractivity contribution in [2.75, 3.05) is 0 Å². The number of hydrogen-bond donors (Lipinski definition) is 1. The summed E-state index contributed by atoms with van der Waals surface area (Å²) in [4.78, 5) is 14.8. The summed E-state index contributed by atoms with van der Waals surface area (Å²) >= 11 is 0. The molecule has 1 aliphatic heterocycles. The number of allylic oxidation sites excluding steroid dienone is 1. The Morgan fingerprint density at radius 3 is 2.69 bits per heavy atom. The van der Waals surface area contributed by atoms with Crippen molar-refractivity contribution in [2.45, 2.75) is 5.92 Å². The molecule has 2 aromatic carbocycles. The fraction of sp³-hybridized carbons (Fsp3) is 0.0800. The molecule has 11 nitrogen and oxygen atoms in total. The van der Waals surface area contributed by atoms with Crippen molar-refractivity contribution in [1.29, 1.82) is 5.26 Å². The molecule has 0 amide bonds. The minimum Gasteiger partial charge on any atom is -0.454 e. The molecule has 0 saturated carbocycles. The van der Waals surface area contributed by atoms with Crippen LogP contribution in [-0.4, -0.2) is 24.3 Å². The summed E-state index contributed by atoms with van der Waals surface area (Å²) < 4.78 is 15.2. The lowest BCUT2D eigenvalue weighted by Gasteiger charge is -2.24. The molecule has 0 aliphatic carbocycles. The molecule has 0 fully saturated rings. The zero-order valence-corrected chi connectivity index (χ0v) is 18.8. The monoisotopic (exact) mass is 479 g/mol. The minimum atomic E-state index is -0.568. The van der Waals surface area contributed by atoms with Crippen molar-refractivity contribution < 1.29 is 14.1 Å². The molecule has 36 heavy (non-hydrogen) atoms. The quantitative estimate of drug-likeness (QED) is 0.298. The lowest BCUT2D eigenvalue weighted by Crippen LogP contribution is -2.21. The molecule has 0 radical (unpaired) electrons. The standard InChI is InChI=1S/C25H17N7O4/c1-30-25-22(23(29-30)20-11-15-10-17(32(33)34)6-7-19(15)35-20)21(18(12-26)24(27)36-25)14-2-4-16(5-3-14)31-9-8-28-13-31/h2-11,13,21H,27H2,1H3. The predicted molar refractivity (Wildman–Crippen MR) is 128 cm³/mol. The minimum absolute atomic E-state index is 0.00321. The van der Waals surface area contributed by atoms with E-state index in [-0.39, 0.29) is 17.1 Å². The zero-order valence-electron chi connectivity index (χ0n) is 18.8. The summed E-state index contributed by atoms with van der Waals surface area (Å²) in [5.41, 5.74) is 9.63. The smallest absolute Gasteiger partial charge is 0.270 e. The Morgan fingerprint density at radius 1 is 1.19 bits per heavy atom. The Hall–Kier alpha value is -5.37. The number of nitriles is 1. The van der Waals surface area contributed by atoms with Crippen LogP contribution in [-0.2, 0) is 7.05 Å². The molecular formula is C25H17N7O4. The average molecular weight is 479 g/mol. The first-order valence-electron chi connectivity index (χ1n) is 10.9. The van der Waals surface area contributed by atoms with Gasteiger partial charge in [-0.25, -0.2) is 9.67 Å². The predicted octanol–water partition coefficient (Wildman–Crippen LogP) is 4.15. The fourth-order valence-corrected chi connectivity index (χ4v) is 4.50. The Balaban J connectivity index is 1.52. The van der Waals surface area contributed by atoms with Crippen LogP contribution in [0.5, 0.6) is 5.88 Å². The van der Waals surface area contributed by atoms with Crippen molar-refractivity contribution in [2.24, 2.45) is 12.8 Å². The Kier molecular flexibility index (Phi) is 4.62. The highest BCUT2D eigenvalue weighted by atomic mass is 16.6. The highest BCUT2D eigenvalue weighted by Crippen LogP contribution is 2.47. The first kappa shape index (κ1) is 21.2. The van der Waals surface area contributed by atoms with Gasteiger partial charge in [0.25, 0.3) is 5.69 Å². The van der Waals surface area contributed by atoms with E-state index in [2.05, 4.69) is 16.2 Å².